The van der Waals surface area contributed by atoms with E-state index in [1.807, 2.05) is 12.3 Å². The standard InChI is InChI=1S/C10H9NO3S/c1-5-4-15-9-8(5)6(3-12)2-7(11-9)10(13)14/h2,4,12H,3H2,1H3,(H,13,14). The third-order valence-electron chi connectivity index (χ3n) is 2.20. The number of nitrogens with zero attached hydrogens (tertiary/aromatic N) is 1. The Kier molecular flexibility index (Phi) is 2.42. The minimum absolute atomic E-state index is 0.0200. The predicted molar refractivity (Wildman–Crippen MR) is 57.2 cm³/mol. The van der Waals surface area contributed by atoms with Crippen LogP contribution in [0.3, 0.4) is 0 Å². The summed E-state index contributed by atoms with van der Waals surface area (Å²) in [5.41, 5.74) is 1.62. The molecule has 2 heterocycles. The van der Waals surface area contributed by atoms with Crippen molar-refractivity contribution >= 4 is 27.5 Å². The lowest BCUT2D eigenvalue weighted by Crippen LogP contribution is -2.01. The van der Waals surface area contributed by atoms with Crippen LogP contribution < -0.4 is 0 Å². The number of aliphatic hydroxyl groups is 1. The Hall–Kier alpha value is -1.46. The summed E-state index contributed by atoms with van der Waals surface area (Å²) in [6, 6.07) is 1.42. The molecule has 0 saturated heterocycles. The number of carbonyl (C=O) groups is 1. The number of aryl methyl sites for hydroxylation is 1. The number of carboxylic acid groups (broad SMARTS) is 1. The van der Waals surface area contributed by atoms with Crippen LogP contribution >= 0.6 is 11.3 Å². The van der Waals surface area contributed by atoms with Crippen molar-refractivity contribution in [1.29, 1.82) is 0 Å². The normalized spacial score (nSPS) is 10.8. The summed E-state index contributed by atoms with van der Waals surface area (Å²) in [7, 11) is 0. The second-order valence-electron chi connectivity index (χ2n) is 3.23. The summed E-state index contributed by atoms with van der Waals surface area (Å²) in [5.74, 6) is -1.07. The molecule has 0 aliphatic carbocycles. The second kappa shape index (κ2) is 3.60. The highest BCUT2D eigenvalue weighted by Crippen LogP contribution is 2.27. The van der Waals surface area contributed by atoms with Gasteiger partial charge in [0.15, 0.2) is 0 Å². The maximum Gasteiger partial charge on any atom is 0.354 e. The van der Waals surface area contributed by atoms with E-state index in [0.29, 0.717) is 10.4 Å². The molecule has 0 radical (unpaired) electrons. The first-order valence-electron chi connectivity index (χ1n) is 4.35. The number of aromatic nitrogens is 1. The van der Waals surface area contributed by atoms with Gasteiger partial charge >= 0.3 is 5.97 Å². The number of hydrogen-bond donors (Lipinski definition) is 2. The second-order valence-corrected chi connectivity index (χ2v) is 4.09. The van der Waals surface area contributed by atoms with Crippen molar-refractivity contribution in [3.63, 3.8) is 0 Å². The van der Waals surface area contributed by atoms with Gasteiger partial charge in [0.1, 0.15) is 10.5 Å². The van der Waals surface area contributed by atoms with Gasteiger partial charge < -0.3 is 10.2 Å². The molecule has 0 aromatic carbocycles. The quantitative estimate of drug-likeness (QED) is 0.814. The zero-order valence-corrected chi connectivity index (χ0v) is 8.84. The lowest BCUT2D eigenvalue weighted by molar-refractivity contribution is 0.0691. The Labute approximate surface area is 89.8 Å². The Morgan fingerprint density at radius 3 is 2.93 bits per heavy atom. The highest BCUT2D eigenvalue weighted by atomic mass is 32.1. The highest BCUT2D eigenvalue weighted by Gasteiger charge is 2.12. The fourth-order valence-corrected chi connectivity index (χ4v) is 2.48. The molecule has 2 N–H and O–H groups in total. The van der Waals surface area contributed by atoms with E-state index < -0.39 is 5.97 Å². The first-order chi connectivity index (χ1) is 7.13. The molecule has 0 spiro atoms. The van der Waals surface area contributed by atoms with E-state index >= 15 is 0 Å². The Morgan fingerprint density at radius 1 is 1.60 bits per heavy atom. The minimum Gasteiger partial charge on any atom is -0.477 e. The minimum atomic E-state index is -1.07. The highest BCUT2D eigenvalue weighted by molar-refractivity contribution is 7.17. The molecular weight excluding hydrogens is 214 g/mol. The number of hydrogen-bond acceptors (Lipinski definition) is 4. The first-order valence-corrected chi connectivity index (χ1v) is 5.23. The third kappa shape index (κ3) is 1.60. The van der Waals surface area contributed by atoms with Crippen LogP contribution in [0.15, 0.2) is 11.4 Å². The molecule has 2 aromatic rings. The average Bonchev–Trinajstić information content (AvgIpc) is 2.59. The van der Waals surface area contributed by atoms with Crippen LogP contribution in [0.1, 0.15) is 21.6 Å². The number of fused-ring (bicyclic) bond motifs is 1. The van der Waals surface area contributed by atoms with Crippen molar-refractivity contribution in [2.24, 2.45) is 0 Å². The summed E-state index contributed by atoms with van der Waals surface area (Å²) in [6.45, 7) is 1.75. The molecule has 0 amide bonds. The zero-order chi connectivity index (χ0) is 11.0. The summed E-state index contributed by atoms with van der Waals surface area (Å²) in [6.07, 6.45) is 0. The monoisotopic (exact) mass is 223 g/mol. The lowest BCUT2D eigenvalue weighted by Gasteiger charge is -2.02. The number of carboxylic acids is 1. The van der Waals surface area contributed by atoms with Crippen molar-refractivity contribution < 1.29 is 15.0 Å². The molecule has 0 aliphatic heterocycles. The third-order valence-corrected chi connectivity index (χ3v) is 3.19. The van der Waals surface area contributed by atoms with E-state index in [0.717, 1.165) is 10.9 Å². The van der Waals surface area contributed by atoms with Gasteiger partial charge in [0.2, 0.25) is 0 Å². The van der Waals surface area contributed by atoms with Gasteiger partial charge in [-0.1, -0.05) is 0 Å². The van der Waals surface area contributed by atoms with Crippen molar-refractivity contribution in [2.45, 2.75) is 13.5 Å². The van der Waals surface area contributed by atoms with Crippen LogP contribution in [0.4, 0.5) is 0 Å². The van der Waals surface area contributed by atoms with Crippen LogP contribution in [0.25, 0.3) is 10.2 Å². The van der Waals surface area contributed by atoms with Gasteiger partial charge in [0, 0.05) is 5.39 Å². The SMILES string of the molecule is Cc1csc2nc(C(=O)O)cc(CO)c12. The van der Waals surface area contributed by atoms with Gasteiger partial charge in [-0.2, -0.15) is 0 Å². The van der Waals surface area contributed by atoms with E-state index in [2.05, 4.69) is 4.98 Å². The fraction of sp³-hybridized carbons (Fsp3) is 0.200. The topological polar surface area (TPSA) is 70.4 Å². The molecule has 0 atom stereocenters. The fourth-order valence-electron chi connectivity index (χ4n) is 1.52. The molecule has 5 heteroatoms. The molecule has 2 rings (SSSR count). The summed E-state index contributed by atoms with van der Waals surface area (Å²) in [4.78, 5) is 15.5. The van der Waals surface area contributed by atoms with E-state index in [-0.39, 0.29) is 12.3 Å². The Bertz CT molecular complexity index is 533. The number of thiophene rings is 1. The predicted octanol–water partition coefficient (Wildman–Crippen LogP) is 1.80. The Morgan fingerprint density at radius 2 is 2.33 bits per heavy atom. The van der Waals surface area contributed by atoms with Crippen molar-refractivity contribution in [1.82, 2.24) is 4.98 Å². The van der Waals surface area contributed by atoms with E-state index in [4.69, 9.17) is 10.2 Å². The van der Waals surface area contributed by atoms with Gasteiger partial charge in [-0.15, -0.1) is 11.3 Å². The van der Waals surface area contributed by atoms with Gasteiger partial charge in [-0.3, -0.25) is 0 Å². The zero-order valence-electron chi connectivity index (χ0n) is 8.02. The molecule has 0 saturated carbocycles. The largest absolute Gasteiger partial charge is 0.477 e. The molecule has 0 unspecified atom stereocenters. The maximum absolute atomic E-state index is 10.8. The van der Waals surface area contributed by atoms with E-state index in [1.54, 1.807) is 0 Å². The number of aliphatic hydroxyl groups excluding tert-OH is 1. The van der Waals surface area contributed by atoms with Crippen molar-refractivity contribution in [3.05, 3.63) is 28.3 Å². The van der Waals surface area contributed by atoms with Gasteiger partial charge in [0.25, 0.3) is 0 Å². The molecule has 4 nitrogen and oxygen atoms in total. The van der Waals surface area contributed by atoms with E-state index in [9.17, 15) is 4.79 Å². The van der Waals surface area contributed by atoms with Crippen LogP contribution in [0, 0.1) is 6.92 Å². The number of pyridine rings is 1. The van der Waals surface area contributed by atoms with Crippen LogP contribution in [0.5, 0.6) is 0 Å². The summed E-state index contributed by atoms with van der Waals surface area (Å²) in [5, 5.41) is 20.8. The van der Waals surface area contributed by atoms with Crippen LogP contribution in [-0.4, -0.2) is 21.2 Å². The van der Waals surface area contributed by atoms with Crippen molar-refractivity contribution in [2.75, 3.05) is 0 Å². The van der Waals surface area contributed by atoms with Crippen molar-refractivity contribution in [3.8, 4) is 0 Å². The number of aromatic carboxylic acids is 1. The van der Waals surface area contributed by atoms with Gasteiger partial charge in [-0.25, -0.2) is 9.78 Å². The molecule has 0 bridgehead atoms. The molecule has 78 valence electrons. The van der Waals surface area contributed by atoms with Crippen LogP contribution in [0.2, 0.25) is 0 Å². The lowest BCUT2D eigenvalue weighted by atomic mass is 10.1. The Balaban J connectivity index is 2.79. The summed E-state index contributed by atoms with van der Waals surface area (Å²) >= 11 is 1.39. The molecule has 2 aromatic heterocycles. The number of rotatable bonds is 2. The molecule has 15 heavy (non-hydrogen) atoms. The van der Waals surface area contributed by atoms with Crippen LogP contribution in [-0.2, 0) is 6.61 Å². The summed E-state index contributed by atoms with van der Waals surface area (Å²) < 4.78 is 0. The first kappa shape index (κ1) is 10.1. The molecular formula is C10H9NO3S. The van der Waals surface area contributed by atoms with Gasteiger partial charge in [0.05, 0.1) is 6.61 Å². The smallest absolute Gasteiger partial charge is 0.354 e. The molecule has 0 aliphatic rings. The average molecular weight is 223 g/mol. The molecule has 0 fully saturated rings. The van der Waals surface area contributed by atoms with E-state index in [1.165, 1.54) is 17.4 Å². The maximum atomic E-state index is 10.8. The van der Waals surface area contributed by atoms with Gasteiger partial charge in [-0.05, 0) is 29.5 Å².